The molecule has 0 unspecified atom stereocenters. The van der Waals surface area contributed by atoms with Gasteiger partial charge in [0.05, 0.1) is 5.56 Å². The van der Waals surface area contributed by atoms with E-state index in [4.69, 9.17) is 11.6 Å². The maximum Gasteiger partial charge on any atom is 0.269 e. The fraction of sp³-hybridized carbons (Fsp3) is 0.375. The number of unbranched alkanes of at least 4 members (excludes halogenated alkanes) is 1. The minimum atomic E-state index is -4.02. The van der Waals surface area contributed by atoms with Gasteiger partial charge in [-0.15, -0.1) is 0 Å². The lowest BCUT2D eigenvalue weighted by atomic mass is 10.1. The minimum Gasteiger partial charge on any atom is -0.354 e. The Hall–Kier alpha value is -2.91. The number of fused-ring (bicyclic) bond motifs is 1. The molecule has 0 fully saturated rings. The van der Waals surface area contributed by atoms with Crippen molar-refractivity contribution >= 4 is 39.3 Å². The maximum atomic E-state index is 13.2. The zero-order chi connectivity index (χ0) is 24.9. The number of carbonyl (C=O) groups is 3. The van der Waals surface area contributed by atoms with Gasteiger partial charge in [0.25, 0.3) is 15.9 Å². The molecular formula is C24H28ClN3O5S. The van der Waals surface area contributed by atoms with Crippen molar-refractivity contribution in [3.8, 4) is 0 Å². The quantitative estimate of drug-likeness (QED) is 0.499. The smallest absolute Gasteiger partial charge is 0.269 e. The lowest BCUT2D eigenvalue weighted by Gasteiger charge is -2.29. The van der Waals surface area contributed by atoms with Crippen LogP contribution in [-0.2, 0) is 26.2 Å². The van der Waals surface area contributed by atoms with Crippen LogP contribution in [0.1, 0.15) is 49.0 Å². The van der Waals surface area contributed by atoms with E-state index in [-0.39, 0.29) is 35.9 Å². The molecule has 2 aromatic rings. The van der Waals surface area contributed by atoms with Gasteiger partial charge in [0.1, 0.15) is 10.9 Å². The van der Waals surface area contributed by atoms with Crippen molar-refractivity contribution in [3.63, 3.8) is 0 Å². The Balaban J connectivity index is 1.77. The molecule has 0 saturated carbocycles. The van der Waals surface area contributed by atoms with E-state index in [2.05, 4.69) is 5.32 Å². The predicted octanol–water partition coefficient (Wildman–Crippen LogP) is 3.21. The highest BCUT2D eigenvalue weighted by atomic mass is 35.5. The summed E-state index contributed by atoms with van der Waals surface area (Å²) in [5.74, 6) is -1.41. The van der Waals surface area contributed by atoms with Crippen LogP contribution < -0.4 is 5.32 Å². The number of halogens is 1. The van der Waals surface area contributed by atoms with Gasteiger partial charge in [-0.25, -0.2) is 12.7 Å². The van der Waals surface area contributed by atoms with Gasteiger partial charge in [-0.1, -0.05) is 49.2 Å². The Morgan fingerprint density at radius 1 is 1.15 bits per heavy atom. The van der Waals surface area contributed by atoms with Gasteiger partial charge in [-0.3, -0.25) is 14.4 Å². The zero-order valence-electron chi connectivity index (χ0n) is 19.2. The van der Waals surface area contributed by atoms with E-state index in [0.717, 1.165) is 22.7 Å². The van der Waals surface area contributed by atoms with Crippen LogP contribution in [0, 0.1) is 0 Å². The van der Waals surface area contributed by atoms with E-state index in [1.54, 1.807) is 43.3 Å². The second-order valence-electron chi connectivity index (χ2n) is 8.10. The second-order valence-corrected chi connectivity index (χ2v) is 10.4. The van der Waals surface area contributed by atoms with Crippen molar-refractivity contribution in [2.45, 2.75) is 50.6 Å². The summed E-state index contributed by atoms with van der Waals surface area (Å²) in [5.41, 5.74) is 0.820. The van der Waals surface area contributed by atoms with Crippen molar-refractivity contribution in [2.24, 2.45) is 0 Å². The molecule has 0 aromatic heterocycles. The van der Waals surface area contributed by atoms with Crippen LogP contribution in [-0.4, -0.2) is 54.5 Å². The third-order valence-electron chi connectivity index (χ3n) is 5.68. The molecule has 0 saturated heterocycles. The van der Waals surface area contributed by atoms with Crippen LogP contribution >= 0.6 is 11.6 Å². The van der Waals surface area contributed by atoms with Crippen molar-refractivity contribution in [2.75, 3.05) is 13.1 Å². The van der Waals surface area contributed by atoms with Gasteiger partial charge >= 0.3 is 0 Å². The third kappa shape index (κ3) is 5.59. The standard InChI is InChI=1S/C24H28ClN3O5S/c1-3-4-13-26-23(30)17(2)27(16-18-8-7-9-19(25)15-18)22(29)12-14-28-24(31)20-10-5-6-11-21(20)34(28,32)33/h5-11,15,17H,3-4,12-14,16H2,1-2H3,(H,26,30)/t17-/m0/s1. The first-order chi connectivity index (χ1) is 16.2. The molecule has 182 valence electrons. The van der Waals surface area contributed by atoms with Crippen molar-refractivity contribution in [1.82, 2.24) is 14.5 Å². The number of sulfonamides is 1. The summed E-state index contributed by atoms with van der Waals surface area (Å²) in [7, 11) is -4.02. The summed E-state index contributed by atoms with van der Waals surface area (Å²) in [4.78, 5) is 39.9. The summed E-state index contributed by atoms with van der Waals surface area (Å²) in [6.07, 6.45) is 1.48. The number of rotatable bonds is 10. The van der Waals surface area contributed by atoms with Crippen LogP contribution in [0.25, 0.3) is 0 Å². The molecule has 10 heteroatoms. The summed E-state index contributed by atoms with van der Waals surface area (Å²) < 4.78 is 26.3. The number of hydrogen-bond acceptors (Lipinski definition) is 5. The zero-order valence-corrected chi connectivity index (χ0v) is 20.7. The van der Waals surface area contributed by atoms with Crippen molar-refractivity contribution in [1.29, 1.82) is 0 Å². The molecule has 1 aliphatic heterocycles. The van der Waals surface area contributed by atoms with Crippen molar-refractivity contribution < 1.29 is 22.8 Å². The molecule has 0 bridgehead atoms. The molecule has 1 aliphatic rings. The number of benzene rings is 2. The van der Waals surface area contributed by atoms with E-state index < -0.39 is 27.9 Å². The monoisotopic (exact) mass is 505 g/mol. The molecule has 1 heterocycles. The number of carbonyl (C=O) groups excluding carboxylic acids is 3. The lowest BCUT2D eigenvalue weighted by Crippen LogP contribution is -2.48. The van der Waals surface area contributed by atoms with Crippen LogP contribution in [0.3, 0.4) is 0 Å². The van der Waals surface area contributed by atoms with Gasteiger partial charge in [0, 0.05) is 31.1 Å². The van der Waals surface area contributed by atoms with Gasteiger partial charge < -0.3 is 10.2 Å². The van der Waals surface area contributed by atoms with E-state index >= 15 is 0 Å². The Labute approximate surface area is 204 Å². The molecule has 8 nitrogen and oxygen atoms in total. The molecule has 1 atom stereocenters. The molecule has 0 radical (unpaired) electrons. The van der Waals surface area contributed by atoms with Crippen molar-refractivity contribution in [3.05, 3.63) is 64.7 Å². The number of amides is 3. The van der Waals surface area contributed by atoms with E-state index in [9.17, 15) is 22.8 Å². The average molecular weight is 506 g/mol. The Morgan fingerprint density at radius 3 is 2.56 bits per heavy atom. The molecule has 0 aliphatic carbocycles. The Kier molecular flexibility index (Phi) is 8.33. The third-order valence-corrected chi connectivity index (χ3v) is 7.76. The average Bonchev–Trinajstić information content (AvgIpc) is 3.00. The highest BCUT2D eigenvalue weighted by molar-refractivity contribution is 7.90. The predicted molar refractivity (Wildman–Crippen MR) is 129 cm³/mol. The molecule has 3 amide bonds. The topological polar surface area (TPSA) is 104 Å². The van der Waals surface area contributed by atoms with E-state index in [1.807, 2.05) is 6.92 Å². The highest BCUT2D eigenvalue weighted by Gasteiger charge is 2.41. The first-order valence-electron chi connectivity index (χ1n) is 11.1. The van der Waals surface area contributed by atoms with Crippen LogP contribution in [0.15, 0.2) is 53.4 Å². The number of nitrogens with one attached hydrogen (secondary N) is 1. The van der Waals surface area contributed by atoms with E-state index in [1.165, 1.54) is 17.0 Å². The fourth-order valence-electron chi connectivity index (χ4n) is 3.74. The Bertz CT molecular complexity index is 1180. The van der Waals surface area contributed by atoms with Gasteiger partial charge in [0.2, 0.25) is 11.8 Å². The van der Waals surface area contributed by atoms with Gasteiger partial charge in [-0.05, 0) is 43.2 Å². The number of hydrogen-bond donors (Lipinski definition) is 1. The summed E-state index contributed by atoms with van der Waals surface area (Å²) in [6, 6.07) is 12.1. The molecule has 0 spiro atoms. The Morgan fingerprint density at radius 2 is 1.88 bits per heavy atom. The molecule has 2 aromatic carbocycles. The van der Waals surface area contributed by atoms with Crippen LogP contribution in [0.5, 0.6) is 0 Å². The van der Waals surface area contributed by atoms with Crippen LogP contribution in [0.4, 0.5) is 0 Å². The maximum absolute atomic E-state index is 13.2. The molecular weight excluding hydrogens is 478 g/mol. The fourth-order valence-corrected chi connectivity index (χ4v) is 5.53. The summed E-state index contributed by atoms with van der Waals surface area (Å²) in [6.45, 7) is 3.93. The molecule has 3 rings (SSSR count). The van der Waals surface area contributed by atoms with Crippen LogP contribution in [0.2, 0.25) is 5.02 Å². The largest absolute Gasteiger partial charge is 0.354 e. The molecule has 1 N–H and O–H groups in total. The first-order valence-corrected chi connectivity index (χ1v) is 13.0. The minimum absolute atomic E-state index is 0.0631. The normalized spacial score (nSPS) is 15.0. The first kappa shape index (κ1) is 25.7. The van der Waals surface area contributed by atoms with Gasteiger partial charge in [-0.2, -0.15) is 0 Å². The highest BCUT2D eigenvalue weighted by Crippen LogP contribution is 2.30. The summed E-state index contributed by atoms with van der Waals surface area (Å²) in [5, 5.41) is 3.32. The lowest BCUT2D eigenvalue weighted by molar-refractivity contribution is -0.140. The SMILES string of the molecule is CCCCNC(=O)[C@H](C)N(Cc1cccc(Cl)c1)C(=O)CCN1C(=O)c2ccccc2S1(=O)=O. The second kappa shape index (κ2) is 11.0. The summed E-state index contributed by atoms with van der Waals surface area (Å²) >= 11 is 6.08. The van der Waals surface area contributed by atoms with E-state index in [0.29, 0.717) is 11.6 Å². The molecule has 34 heavy (non-hydrogen) atoms. The number of nitrogens with zero attached hydrogens (tertiary/aromatic N) is 2. The van der Waals surface area contributed by atoms with Gasteiger partial charge in [0.15, 0.2) is 0 Å².